The summed E-state index contributed by atoms with van der Waals surface area (Å²) in [6.07, 6.45) is 0.805. The molecule has 0 saturated carbocycles. The Kier molecular flexibility index (Phi) is 4.14. The van der Waals surface area contributed by atoms with Crippen molar-refractivity contribution >= 4 is 23.3 Å². The third-order valence-corrected chi connectivity index (χ3v) is 3.64. The van der Waals surface area contributed by atoms with Gasteiger partial charge in [-0.05, 0) is 48.4 Å². The molecule has 1 aliphatic heterocycles. The number of fused-ring (bicyclic) bond motifs is 1. The van der Waals surface area contributed by atoms with E-state index < -0.39 is 0 Å². The Balaban J connectivity index is 1.67. The van der Waals surface area contributed by atoms with Crippen LogP contribution in [0.25, 0.3) is 0 Å². The maximum atomic E-state index is 12.0. The minimum absolute atomic E-state index is 0.106. The van der Waals surface area contributed by atoms with Gasteiger partial charge in [-0.25, -0.2) is 4.79 Å². The van der Waals surface area contributed by atoms with E-state index in [1.54, 1.807) is 43.5 Å². The molecule has 0 atom stereocenters. The lowest BCUT2D eigenvalue weighted by Crippen LogP contribution is -2.32. The second-order valence-electron chi connectivity index (χ2n) is 5.19. The number of methoxy groups -OCH3 is 1. The number of carbonyl (C=O) groups is 2. The molecule has 0 aromatic heterocycles. The van der Waals surface area contributed by atoms with E-state index in [2.05, 4.69) is 16.0 Å². The predicted octanol–water partition coefficient (Wildman–Crippen LogP) is 2.63. The van der Waals surface area contributed by atoms with Crippen LogP contribution >= 0.6 is 0 Å². The number of urea groups is 1. The highest BCUT2D eigenvalue weighted by Crippen LogP contribution is 2.20. The van der Waals surface area contributed by atoms with E-state index in [0.29, 0.717) is 23.5 Å². The molecule has 2 aromatic rings. The molecule has 0 fully saturated rings. The van der Waals surface area contributed by atoms with Gasteiger partial charge in [0.05, 0.1) is 7.11 Å². The molecule has 0 aliphatic carbocycles. The summed E-state index contributed by atoms with van der Waals surface area (Å²) in [5.74, 6) is 0.613. The minimum atomic E-state index is -0.369. The van der Waals surface area contributed by atoms with E-state index in [1.165, 1.54) is 0 Å². The highest BCUT2D eigenvalue weighted by atomic mass is 16.5. The number of ether oxygens (including phenoxy) is 1. The first kappa shape index (κ1) is 14.9. The molecular formula is C17H17N3O3. The van der Waals surface area contributed by atoms with Crippen LogP contribution in [-0.4, -0.2) is 25.6 Å². The van der Waals surface area contributed by atoms with Crippen LogP contribution in [-0.2, 0) is 6.42 Å². The van der Waals surface area contributed by atoms with Crippen LogP contribution in [0.4, 0.5) is 16.2 Å². The van der Waals surface area contributed by atoms with Gasteiger partial charge in [-0.2, -0.15) is 0 Å². The van der Waals surface area contributed by atoms with Crippen molar-refractivity contribution in [3.05, 3.63) is 53.6 Å². The number of nitrogens with one attached hydrogen (secondary N) is 3. The van der Waals surface area contributed by atoms with Crippen LogP contribution < -0.4 is 20.7 Å². The van der Waals surface area contributed by atoms with Crippen LogP contribution in [0.3, 0.4) is 0 Å². The zero-order valence-electron chi connectivity index (χ0n) is 12.7. The lowest BCUT2D eigenvalue weighted by atomic mass is 10.00. The Morgan fingerprint density at radius 3 is 2.52 bits per heavy atom. The fourth-order valence-corrected chi connectivity index (χ4v) is 2.46. The fraction of sp³-hybridized carbons (Fsp3) is 0.176. The monoisotopic (exact) mass is 311 g/mol. The van der Waals surface area contributed by atoms with Crippen molar-refractivity contribution in [2.45, 2.75) is 6.42 Å². The molecule has 0 saturated heterocycles. The predicted molar refractivity (Wildman–Crippen MR) is 88.1 cm³/mol. The van der Waals surface area contributed by atoms with Gasteiger partial charge >= 0.3 is 6.03 Å². The van der Waals surface area contributed by atoms with Crippen molar-refractivity contribution < 1.29 is 14.3 Å². The number of carbonyl (C=O) groups excluding carboxylic acids is 2. The summed E-state index contributed by atoms with van der Waals surface area (Å²) in [4.78, 5) is 23.9. The Morgan fingerprint density at radius 1 is 1.09 bits per heavy atom. The molecule has 3 N–H and O–H groups in total. The van der Waals surface area contributed by atoms with Gasteiger partial charge in [-0.15, -0.1) is 0 Å². The molecule has 2 aromatic carbocycles. The molecule has 6 heteroatoms. The maximum absolute atomic E-state index is 12.0. The second-order valence-corrected chi connectivity index (χ2v) is 5.19. The summed E-state index contributed by atoms with van der Waals surface area (Å²) in [5, 5.41) is 8.25. The number of rotatable bonds is 3. The fourth-order valence-electron chi connectivity index (χ4n) is 2.46. The van der Waals surface area contributed by atoms with Gasteiger partial charge in [-0.1, -0.05) is 6.07 Å². The van der Waals surface area contributed by atoms with Crippen LogP contribution in [0, 0.1) is 0 Å². The van der Waals surface area contributed by atoms with E-state index in [0.717, 1.165) is 17.7 Å². The molecule has 1 heterocycles. The summed E-state index contributed by atoms with van der Waals surface area (Å²) >= 11 is 0. The largest absolute Gasteiger partial charge is 0.497 e. The quantitative estimate of drug-likeness (QED) is 0.815. The van der Waals surface area contributed by atoms with Gasteiger partial charge in [0.2, 0.25) is 0 Å². The van der Waals surface area contributed by atoms with Crippen LogP contribution in [0.2, 0.25) is 0 Å². The van der Waals surface area contributed by atoms with Crippen molar-refractivity contribution in [3.63, 3.8) is 0 Å². The summed E-state index contributed by atoms with van der Waals surface area (Å²) in [6, 6.07) is 12.0. The van der Waals surface area contributed by atoms with E-state index in [-0.39, 0.29) is 11.9 Å². The lowest BCUT2D eigenvalue weighted by molar-refractivity contribution is 0.0946. The summed E-state index contributed by atoms with van der Waals surface area (Å²) in [7, 11) is 1.58. The molecule has 3 amide bonds. The molecule has 0 unspecified atom stereocenters. The minimum Gasteiger partial charge on any atom is -0.497 e. The molecule has 0 radical (unpaired) electrons. The summed E-state index contributed by atoms with van der Waals surface area (Å²) in [6.45, 7) is 0.649. The second kappa shape index (κ2) is 6.39. The molecular weight excluding hydrogens is 294 g/mol. The van der Waals surface area contributed by atoms with Crippen LogP contribution in [0.15, 0.2) is 42.5 Å². The first-order valence-corrected chi connectivity index (χ1v) is 7.29. The van der Waals surface area contributed by atoms with Crippen molar-refractivity contribution in [1.82, 2.24) is 5.32 Å². The number of amides is 3. The van der Waals surface area contributed by atoms with Crippen molar-refractivity contribution in [2.24, 2.45) is 0 Å². The van der Waals surface area contributed by atoms with Gasteiger partial charge in [0.25, 0.3) is 5.91 Å². The van der Waals surface area contributed by atoms with E-state index >= 15 is 0 Å². The Morgan fingerprint density at radius 2 is 1.78 bits per heavy atom. The number of hydrogen-bond acceptors (Lipinski definition) is 3. The molecule has 3 rings (SSSR count). The van der Waals surface area contributed by atoms with Gasteiger partial charge in [0.1, 0.15) is 5.75 Å². The van der Waals surface area contributed by atoms with Gasteiger partial charge in [0.15, 0.2) is 0 Å². The molecule has 23 heavy (non-hydrogen) atoms. The van der Waals surface area contributed by atoms with Gasteiger partial charge in [0, 0.05) is 23.5 Å². The highest BCUT2D eigenvalue weighted by Gasteiger charge is 2.17. The molecule has 1 aliphatic rings. The van der Waals surface area contributed by atoms with Crippen molar-refractivity contribution in [2.75, 3.05) is 24.3 Å². The average molecular weight is 311 g/mol. The Hall–Kier alpha value is -3.02. The van der Waals surface area contributed by atoms with Crippen LogP contribution in [0.1, 0.15) is 15.9 Å². The number of benzene rings is 2. The standard InChI is InChI=1S/C17H17N3O3/c1-23-14-6-4-12(5-7-14)19-17(22)20-13-3-2-11-8-9-18-16(21)15(11)10-13/h2-7,10H,8-9H2,1H3,(H,18,21)(H2,19,20,22). The third-order valence-electron chi connectivity index (χ3n) is 3.64. The topological polar surface area (TPSA) is 79.5 Å². The summed E-state index contributed by atoms with van der Waals surface area (Å²) in [5.41, 5.74) is 2.83. The number of hydrogen-bond donors (Lipinski definition) is 3. The molecule has 0 spiro atoms. The first-order chi connectivity index (χ1) is 11.2. The SMILES string of the molecule is COc1ccc(NC(=O)Nc2ccc3c(c2)C(=O)NCC3)cc1. The smallest absolute Gasteiger partial charge is 0.323 e. The van der Waals surface area contributed by atoms with Crippen molar-refractivity contribution in [3.8, 4) is 5.75 Å². The Bertz CT molecular complexity index is 741. The molecule has 118 valence electrons. The highest BCUT2D eigenvalue weighted by molar-refractivity contribution is 6.02. The normalized spacial score (nSPS) is 12.8. The molecule has 0 bridgehead atoms. The van der Waals surface area contributed by atoms with Crippen molar-refractivity contribution in [1.29, 1.82) is 0 Å². The molecule has 6 nitrogen and oxygen atoms in total. The first-order valence-electron chi connectivity index (χ1n) is 7.29. The van der Waals surface area contributed by atoms with Crippen LogP contribution in [0.5, 0.6) is 5.75 Å². The average Bonchev–Trinajstić information content (AvgIpc) is 2.56. The number of anilines is 2. The zero-order valence-corrected chi connectivity index (χ0v) is 12.7. The van der Waals surface area contributed by atoms with E-state index in [4.69, 9.17) is 4.74 Å². The van der Waals surface area contributed by atoms with E-state index in [1.807, 2.05) is 6.07 Å². The van der Waals surface area contributed by atoms with Gasteiger partial charge in [-0.3, -0.25) is 4.79 Å². The summed E-state index contributed by atoms with van der Waals surface area (Å²) < 4.78 is 5.07. The van der Waals surface area contributed by atoms with Gasteiger partial charge < -0.3 is 20.7 Å². The lowest BCUT2D eigenvalue weighted by Gasteiger charge is -2.17. The van der Waals surface area contributed by atoms with E-state index in [9.17, 15) is 9.59 Å². The third kappa shape index (κ3) is 3.42. The zero-order chi connectivity index (χ0) is 16.2. The Labute approximate surface area is 133 Å². The maximum Gasteiger partial charge on any atom is 0.323 e.